The fourth-order valence-corrected chi connectivity index (χ4v) is 2.13. The van der Waals surface area contributed by atoms with Crippen LogP contribution in [-0.4, -0.2) is 38.3 Å². The van der Waals surface area contributed by atoms with Gasteiger partial charge in [0.25, 0.3) is 0 Å². The molecule has 0 N–H and O–H groups in total. The van der Waals surface area contributed by atoms with E-state index >= 15 is 0 Å². The van der Waals surface area contributed by atoms with Crippen LogP contribution >= 0.6 is 7.60 Å². The molecule has 6 nitrogen and oxygen atoms in total. The monoisotopic (exact) mass is 259 g/mol. The summed E-state index contributed by atoms with van der Waals surface area (Å²) in [5.41, 5.74) is 0.115. The smallest absolute Gasteiger partial charge is 0.337 e. The van der Waals surface area contributed by atoms with Crippen LogP contribution in [0.4, 0.5) is 0 Å². The molecular weight excluding hydrogens is 245 g/mol. The van der Waals surface area contributed by atoms with Crippen LogP contribution in [0.1, 0.15) is 10.5 Å². The maximum atomic E-state index is 11.9. The van der Waals surface area contributed by atoms with E-state index in [0.29, 0.717) is 5.75 Å². The predicted octanol–water partition coefficient (Wildman–Crippen LogP) is 1.76. The van der Waals surface area contributed by atoms with Crippen LogP contribution in [0.25, 0.3) is 0 Å². The number of Topliss-reactive ketones (excluding diaryl/α,β-unsaturated/α-hetero) is 1. The number of carbonyl (C=O) groups excluding carboxylic acids is 1. The van der Waals surface area contributed by atoms with Gasteiger partial charge in [-0.3, -0.25) is 9.36 Å². The highest BCUT2D eigenvalue weighted by atomic mass is 31.2. The molecule has 1 heterocycles. The van der Waals surface area contributed by atoms with Crippen molar-refractivity contribution in [2.45, 2.75) is 0 Å². The zero-order valence-electron chi connectivity index (χ0n) is 9.87. The van der Waals surface area contributed by atoms with Gasteiger partial charge in [0, 0.05) is 20.4 Å². The molecule has 0 fully saturated rings. The third-order valence-electron chi connectivity index (χ3n) is 2.15. The first-order chi connectivity index (χ1) is 8.06. The molecule has 17 heavy (non-hydrogen) atoms. The quantitative estimate of drug-likeness (QED) is 0.572. The second kappa shape index (κ2) is 5.91. The van der Waals surface area contributed by atoms with E-state index in [0.717, 1.165) is 0 Å². The van der Waals surface area contributed by atoms with Gasteiger partial charge in [0.05, 0.1) is 7.11 Å². The van der Waals surface area contributed by atoms with E-state index in [1.807, 2.05) is 0 Å². The summed E-state index contributed by atoms with van der Waals surface area (Å²) in [6, 6.07) is 3.24. The average Bonchev–Trinajstić information content (AvgIpc) is 2.38. The van der Waals surface area contributed by atoms with Gasteiger partial charge in [0.2, 0.25) is 0 Å². The summed E-state index contributed by atoms with van der Waals surface area (Å²) >= 11 is 0. The van der Waals surface area contributed by atoms with Gasteiger partial charge in [0.1, 0.15) is 17.6 Å². The third-order valence-corrected chi connectivity index (χ3v) is 3.94. The van der Waals surface area contributed by atoms with Crippen LogP contribution in [0.3, 0.4) is 0 Å². The number of hydrogen-bond donors (Lipinski definition) is 0. The van der Waals surface area contributed by atoms with Crippen molar-refractivity contribution in [3.05, 3.63) is 24.0 Å². The number of ketones is 1. The van der Waals surface area contributed by atoms with Gasteiger partial charge in [-0.2, -0.15) is 0 Å². The summed E-state index contributed by atoms with van der Waals surface area (Å²) in [4.78, 5) is 15.8. The van der Waals surface area contributed by atoms with E-state index < -0.39 is 13.4 Å². The van der Waals surface area contributed by atoms with E-state index in [-0.39, 0.29) is 11.9 Å². The van der Waals surface area contributed by atoms with Crippen LogP contribution < -0.4 is 4.74 Å². The highest BCUT2D eigenvalue weighted by Crippen LogP contribution is 2.46. The third kappa shape index (κ3) is 3.36. The first kappa shape index (κ1) is 13.8. The normalized spacial score (nSPS) is 11.2. The number of hydrogen-bond acceptors (Lipinski definition) is 6. The maximum Gasteiger partial charge on any atom is 0.337 e. The Hall–Kier alpha value is -1.23. The fourth-order valence-electron chi connectivity index (χ4n) is 1.22. The molecule has 1 aromatic heterocycles. The Bertz CT molecular complexity index is 440. The average molecular weight is 259 g/mol. The molecule has 0 aliphatic carbocycles. The Labute approximate surface area is 99.4 Å². The zero-order chi connectivity index (χ0) is 12.9. The number of aromatic nitrogens is 1. The van der Waals surface area contributed by atoms with Crippen molar-refractivity contribution in [1.29, 1.82) is 0 Å². The molecule has 0 aliphatic rings. The van der Waals surface area contributed by atoms with Crippen molar-refractivity contribution in [3.8, 4) is 5.75 Å². The van der Waals surface area contributed by atoms with Gasteiger partial charge in [-0.25, -0.2) is 4.98 Å². The van der Waals surface area contributed by atoms with Gasteiger partial charge in [-0.1, -0.05) is 0 Å². The number of nitrogens with zero attached hydrogens (tertiary/aromatic N) is 1. The molecule has 0 radical (unpaired) electrons. The summed E-state index contributed by atoms with van der Waals surface area (Å²) in [5.74, 6) is -0.120. The summed E-state index contributed by atoms with van der Waals surface area (Å²) in [7, 11) is 0.511. The van der Waals surface area contributed by atoms with Crippen molar-refractivity contribution in [2.24, 2.45) is 0 Å². The second-order valence-electron chi connectivity index (χ2n) is 3.11. The van der Waals surface area contributed by atoms with Crippen LogP contribution in [0.2, 0.25) is 0 Å². The lowest BCUT2D eigenvalue weighted by atomic mass is 10.2. The first-order valence-electron chi connectivity index (χ1n) is 4.79. The lowest BCUT2D eigenvalue weighted by Gasteiger charge is -2.13. The molecule has 0 bridgehead atoms. The number of pyridine rings is 1. The van der Waals surface area contributed by atoms with Gasteiger partial charge in [-0.05, 0) is 12.1 Å². The van der Waals surface area contributed by atoms with Crippen molar-refractivity contribution in [1.82, 2.24) is 4.98 Å². The first-order valence-corrected chi connectivity index (χ1v) is 6.52. The molecule has 0 saturated carbocycles. The zero-order valence-corrected chi connectivity index (χ0v) is 10.8. The predicted molar refractivity (Wildman–Crippen MR) is 61.6 cm³/mol. The van der Waals surface area contributed by atoms with E-state index in [9.17, 15) is 9.36 Å². The number of rotatable bonds is 6. The molecule has 0 aromatic carbocycles. The van der Waals surface area contributed by atoms with Gasteiger partial charge < -0.3 is 13.8 Å². The van der Waals surface area contributed by atoms with Gasteiger partial charge in [0.15, 0.2) is 5.78 Å². The molecule has 0 saturated heterocycles. The molecule has 0 atom stereocenters. The Balaban J connectivity index is 2.94. The number of methoxy groups -OCH3 is 1. The minimum absolute atomic E-state index is 0.115. The van der Waals surface area contributed by atoms with Crippen molar-refractivity contribution < 1.29 is 23.1 Å². The fraction of sp³-hybridized carbons (Fsp3) is 0.400. The minimum Gasteiger partial charge on any atom is -0.494 e. The maximum absolute atomic E-state index is 11.9. The van der Waals surface area contributed by atoms with E-state index in [2.05, 4.69) is 4.98 Å². The van der Waals surface area contributed by atoms with Gasteiger partial charge >= 0.3 is 7.60 Å². The topological polar surface area (TPSA) is 74.7 Å². The Morgan fingerprint density at radius 3 is 2.53 bits per heavy atom. The largest absolute Gasteiger partial charge is 0.494 e. The minimum atomic E-state index is -3.38. The number of carbonyl (C=O) groups is 1. The molecule has 7 heteroatoms. The van der Waals surface area contributed by atoms with Crippen LogP contribution in [0.5, 0.6) is 5.75 Å². The highest BCUT2D eigenvalue weighted by Gasteiger charge is 2.28. The molecule has 94 valence electrons. The molecular formula is C10H14NO5P. The molecule has 0 spiro atoms. The molecule has 0 aliphatic heterocycles. The Morgan fingerprint density at radius 2 is 2.00 bits per heavy atom. The molecule has 0 amide bonds. The van der Waals surface area contributed by atoms with Crippen molar-refractivity contribution in [2.75, 3.05) is 27.5 Å². The van der Waals surface area contributed by atoms with E-state index in [1.54, 1.807) is 12.1 Å². The van der Waals surface area contributed by atoms with Crippen molar-refractivity contribution in [3.63, 3.8) is 0 Å². The van der Waals surface area contributed by atoms with E-state index in [1.165, 1.54) is 27.5 Å². The molecule has 1 aromatic rings. The lowest BCUT2D eigenvalue weighted by Crippen LogP contribution is -2.11. The summed E-state index contributed by atoms with van der Waals surface area (Å²) in [6.07, 6.45) is 1.09. The van der Waals surface area contributed by atoms with E-state index in [4.69, 9.17) is 13.8 Å². The molecule has 0 unspecified atom stereocenters. The summed E-state index contributed by atoms with van der Waals surface area (Å²) in [5, 5.41) is 0. The van der Waals surface area contributed by atoms with Crippen LogP contribution in [0.15, 0.2) is 18.3 Å². The Morgan fingerprint density at radius 1 is 1.35 bits per heavy atom. The van der Waals surface area contributed by atoms with Gasteiger partial charge in [-0.15, -0.1) is 0 Å². The van der Waals surface area contributed by atoms with Crippen LogP contribution in [-0.2, 0) is 13.6 Å². The van der Waals surface area contributed by atoms with Crippen LogP contribution in [0, 0.1) is 0 Å². The molecule has 1 rings (SSSR count). The number of ether oxygens (including phenoxy) is 1. The Kier molecular flexibility index (Phi) is 4.81. The highest BCUT2D eigenvalue weighted by molar-refractivity contribution is 7.54. The van der Waals surface area contributed by atoms with Crippen molar-refractivity contribution >= 4 is 13.4 Å². The standard InChI is InChI=1S/C10H14NO5P/c1-14-9-5-4-6-11-10(9)8(12)7-17(13,15-2)16-3/h4-6H,7H2,1-3H3. The second-order valence-corrected chi connectivity index (χ2v) is 5.38. The summed E-state index contributed by atoms with van der Waals surface area (Å²) in [6.45, 7) is 0. The summed E-state index contributed by atoms with van der Waals surface area (Å²) < 4.78 is 26.2. The SMILES string of the molecule is COc1cccnc1C(=O)CP(=O)(OC)OC. The lowest BCUT2D eigenvalue weighted by molar-refractivity contribution is 0.100.